The summed E-state index contributed by atoms with van der Waals surface area (Å²) in [6.07, 6.45) is 10.9. The number of nitriles is 1. The van der Waals surface area contributed by atoms with Crippen LogP contribution in [0.25, 0.3) is 0 Å². The highest BCUT2D eigenvalue weighted by Crippen LogP contribution is 2.65. The number of hydrogen-bond donors (Lipinski definition) is 0. The van der Waals surface area contributed by atoms with E-state index < -0.39 is 28.2 Å². The molecule has 0 aliphatic heterocycles. The Hall–Kier alpha value is 0.340. The second kappa shape index (κ2) is 4.46. The third-order valence-electron chi connectivity index (χ3n) is 0.766. The van der Waals surface area contributed by atoms with Gasteiger partial charge in [0.1, 0.15) is 0 Å². The van der Waals surface area contributed by atoms with Gasteiger partial charge in [0.15, 0.2) is 5.81 Å². The first-order chi connectivity index (χ1) is 5.97. The molecule has 7 heteroatoms. The number of nitrogens with zero attached hydrogens (tertiary/aromatic N) is 1. The minimum atomic E-state index is -3.56. The van der Waals surface area contributed by atoms with E-state index in [1.807, 2.05) is 37.5 Å². The van der Waals surface area contributed by atoms with Crippen molar-refractivity contribution in [1.82, 2.24) is 0 Å². The van der Waals surface area contributed by atoms with Crippen molar-refractivity contribution in [2.24, 2.45) is 0 Å². The Kier molecular flexibility index (Phi) is 4.57. The Morgan fingerprint density at radius 3 is 1.43 bits per heavy atom. The Balaban J connectivity index is 4.70. The summed E-state index contributed by atoms with van der Waals surface area (Å²) in [5.41, 5.74) is 0. The topological polar surface area (TPSA) is 59.3 Å². The van der Waals surface area contributed by atoms with Crippen molar-refractivity contribution in [3.8, 4) is 5.81 Å². The molecular formula is C7H18NO3PS2. The summed E-state index contributed by atoms with van der Waals surface area (Å²) in [5, 5.41) is 8.78. The lowest BCUT2D eigenvalue weighted by Gasteiger charge is -2.32. The first kappa shape index (κ1) is 14.3. The molecule has 0 rings (SSSR count). The summed E-state index contributed by atoms with van der Waals surface area (Å²) >= 11 is 0. The van der Waals surface area contributed by atoms with Crippen molar-refractivity contribution in [1.29, 1.82) is 5.26 Å². The second-order valence-electron chi connectivity index (χ2n) is 4.20. The number of rotatable bonds is 4. The predicted octanol–water partition coefficient (Wildman–Crippen LogP) is 2.91. The van der Waals surface area contributed by atoms with Crippen LogP contribution in [0.4, 0.5) is 0 Å². The Labute approximate surface area is 89.5 Å². The first-order valence-electron chi connectivity index (χ1n) is 3.78. The quantitative estimate of drug-likeness (QED) is 0.728. The van der Waals surface area contributed by atoms with Crippen molar-refractivity contribution < 1.29 is 12.5 Å². The monoisotopic (exact) mass is 259 g/mol. The summed E-state index contributed by atoms with van der Waals surface area (Å²) in [6.45, 7) is 0. The van der Waals surface area contributed by atoms with Crippen LogP contribution in [0.5, 0.6) is 0 Å². The third kappa shape index (κ3) is 6.74. The van der Waals surface area contributed by atoms with Crippen LogP contribution in [-0.4, -0.2) is 37.5 Å². The molecule has 86 valence electrons. The number of hydrogen-bond acceptors (Lipinski definition) is 4. The predicted molar refractivity (Wildman–Crippen MR) is 66.1 cm³/mol. The highest BCUT2D eigenvalue weighted by atomic mass is 32.3. The van der Waals surface area contributed by atoms with Gasteiger partial charge in [-0.15, -0.1) is 20.6 Å². The maximum atomic E-state index is 11.8. The van der Waals surface area contributed by atoms with E-state index in [1.165, 1.54) is 0 Å². The molecule has 0 aromatic carbocycles. The largest absolute Gasteiger partial charge is 0.450 e. The molecule has 0 amide bonds. The van der Waals surface area contributed by atoms with Gasteiger partial charge in [-0.1, -0.05) is 0 Å². The van der Waals surface area contributed by atoms with Crippen LogP contribution in [0, 0.1) is 11.1 Å². The lowest BCUT2D eigenvalue weighted by atomic mass is 11.8. The zero-order valence-electron chi connectivity index (χ0n) is 9.44. The zero-order chi connectivity index (χ0) is 11.6. The minimum Gasteiger partial charge on any atom is -0.249 e. The van der Waals surface area contributed by atoms with Gasteiger partial charge in [-0.05, 0) is 37.5 Å². The average molecular weight is 259 g/mol. The van der Waals surface area contributed by atoms with Crippen molar-refractivity contribution in [3.05, 3.63) is 0 Å². The van der Waals surface area contributed by atoms with E-state index >= 15 is 0 Å². The fraction of sp³-hybridized carbons (Fsp3) is 0.857. The molecular weight excluding hydrogens is 241 g/mol. The van der Waals surface area contributed by atoms with Crippen molar-refractivity contribution in [3.63, 3.8) is 0 Å². The third-order valence-corrected chi connectivity index (χ3v) is 6.16. The molecule has 0 aromatic rings. The molecule has 0 unspecified atom stereocenters. The fourth-order valence-electron chi connectivity index (χ4n) is 0.635. The molecule has 0 spiro atoms. The molecule has 14 heavy (non-hydrogen) atoms. The molecule has 0 atom stereocenters. The van der Waals surface area contributed by atoms with Gasteiger partial charge in [-0.2, -0.15) is 5.26 Å². The molecule has 0 bridgehead atoms. The summed E-state index contributed by atoms with van der Waals surface area (Å²) in [7, 11) is -6.49. The van der Waals surface area contributed by atoms with Gasteiger partial charge in [-0.25, -0.2) is 12.5 Å². The van der Waals surface area contributed by atoms with Gasteiger partial charge in [0.2, 0.25) is 0 Å². The standard InChI is InChI=1S/C7H18NO3PS2/c1-13(2,3)10-12(9,7-8)11-14(4,5)6/h1-6H3. The van der Waals surface area contributed by atoms with Crippen molar-refractivity contribution in [2.45, 2.75) is 0 Å². The van der Waals surface area contributed by atoms with E-state index in [1.54, 1.807) is 5.81 Å². The summed E-state index contributed by atoms with van der Waals surface area (Å²) in [6, 6.07) is 0. The van der Waals surface area contributed by atoms with E-state index in [0.717, 1.165) is 0 Å². The van der Waals surface area contributed by atoms with Crippen molar-refractivity contribution in [2.75, 3.05) is 37.5 Å². The van der Waals surface area contributed by atoms with E-state index in [9.17, 15) is 4.57 Å². The van der Waals surface area contributed by atoms with Crippen LogP contribution in [-0.2, 0) is 12.5 Å². The van der Waals surface area contributed by atoms with E-state index in [2.05, 4.69) is 0 Å². The lowest BCUT2D eigenvalue weighted by Crippen LogP contribution is -2.02. The van der Waals surface area contributed by atoms with Crippen LogP contribution >= 0.6 is 28.2 Å². The molecule has 0 aliphatic rings. The average Bonchev–Trinajstić information content (AvgIpc) is 1.78. The Morgan fingerprint density at radius 1 is 1.00 bits per heavy atom. The molecule has 0 saturated heterocycles. The van der Waals surface area contributed by atoms with E-state index in [0.29, 0.717) is 0 Å². The maximum absolute atomic E-state index is 11.8. The van der Waals surface area contributed by atoms with Gasteiger partial charge in [0.05, 0.1) is 0 Å². The molecule has 0 fully saturated rings. The van der Waals surface area contributed by atoms with Gasteiger partial charge < -0.3 is 0 Å². The van der Waals surface area contributed by atoms with E-state index in [-0.39, 0.29) is 0 Å². The van der Waals surface area contributed by atoms with Gasteiger partial charge in [0.25, 0.3) is 0 Å². The zero-order valence-corrected chi connectivity index (χ0v) is 12.0. The highest BCUT2D eigenvalue weighted by molar-refractivity contribution is 8.32. The van der Waals surface area contributed by atoms with E-state index in [4.69, 9.17) is 13.2 Å². The summed E-state index contributed by atoms with van der Waals surface area (Å²) in [5.74, 6) is 1.64. The first-order valence-corrected chi connectivity index (χ1v) is 10.9. The Bertz CT molecular complexity index is 267. The van der Waals surface area contributed by atoms with Crippen LogP contribution in [0.1, 0.15) is 0 Å². The molecule has 0 saturated carbocycles. The molecule has 0 aromatic heterocycles. The molecule has 0 radical (unpaired) electrons. The van der Waals surface area contributed by atoms with Crippen LogP contribution in [0.2, 0.25) is 0 Å². The minimum absolute atomic E-state index is 1.46. The summed E-state index contributed by atoms with van der Waals surface area (Å²) < 4.78 is 22.3. The highest BCUT2D eigenvalue weighted by Gasteiger charge is 2.32. The Morgan fingerprint density at radius 2 is 1.29 bits per heavy atom. The second-order valence-corrected chi connectivity index (χ2v) is 13.5. The van der Waals surface area contributed by atoms with Gasteiger partial charge >= 0.3 is 7.60 Å². The summed E-state index contributed by atoms with van der Waals surface area (Å²) in [4.78, 5) is 0. The van der Waals surface area contributed by atoms with Crippen LogP contribution in [0.15, 0.2) is 0 Å². The molecule has 0 heterocycles. The van der Waals surface area contributed by atoms with Gasteiger partial charge in [0, 0.05) is 0 Å². The lowest BCUT2D eigenvalue weighted by molar-refractivity contribution is 0.438. The van der Waals surface area contributed by atoms with Crippen LogP contribution in [0.3, 0.4) is 0 Å². The SMILES string of the molecule is CS(C)(C)OP(=O)(C#N)OS(C)(C)C. The van der Waals surface area contributed by atoms with Gasteiger partial charge in [-0.3, -0.25) is 0 Å². The van der Waals surface area contributed by atoms with Crippen LogP contribution < -0.4 is 0 Å². The smallest absolute Gasteiger partial charge is 0.249 e. The maximum Gasteiger partial charge on any atom is 0.450 e. The van der Waals surface area contributed by atoms with Crippen molar-refractivity contribution >= 4 is 28.2 Å². The molecule has 0 N–H and O–H groups in total. The normalized spacial score (nSPS) is 16.1. The molecule has 4 nitrogen and oxygen atoms in total. The molecule has 0 aliphatic carbocycles. The fourth-order valence-corrected chi connectivity index (χ4v) is 5.93.